The number of aromatic nitrogens is 3. The predicted molar refractivity (Wildman–Crippen MR) is 90.1 cm³/mol. The van der Waals surface area contributed by atoms with Gasteiger partial charge in [-0.1, -0.05) is 36.4 Å². The van der Waals surface area contributed by atoms with Crippen LogP contribution in [0.2, 0.25) is 0 Å². The van der Waals surface area contributed by atoms with E-state index in [0.29, 0.717) is 17.9 Å². The SMILES string of the molecule is CCOC(c1ccccc1C(=N)Oc1ccccc1)n1cncn1. The smallest absolute Gasteiger partial charge is 0.219 e. The molecule has 6 heteroatoms. The summed E-state index contributed by atoms with van der Waals surface area (Å²) < 4.78 is 13.1. The summed E-state index contributed by atoms with van der Waals surface area (Å²) in [6.45, 7) is 2.42. The summed E-state index contributed by atoms with van der Waals surface area (Å²) in [6.07, 6.45) is 2.59. The number of benzene rings is 2. The van der Waals surface area contributed by atoms with Crippen LogP contribution in [0.15, 0.2) is 67.3 Å². The van der Waals surface area contributed by atoms with Gasteiger partial charge in [-0.2, -0.15) is 5.10 Å². The molecule has 0 aliphatic carbocycles. The standard InChI is InChI=1S/C18H18N4O2/c1-2-23-18(22-13-20-12-21-22)16-11-7-6-10-15(16)17(19)24-14-8-4-3-5-9-14/h3-13,18-19H,2H2,1H3. The number of ether oxygens (including phenoxy) is 2. The second-order valence-electron chi connectivity index (χ2n) is 5.01. The number of nitrogens with zero attached hydrogens (tertiary/aromatic N) is 3. The maximum absolute atomic E-state index is 8.34. The van der Waals surface area contributed by atoms with Crippen LogP contribution in [-0.2, 0) is 4.74 Å². The van der Waals surface area contributed by atoms with Crippen LogP contribution in [0.4, 0.5) is 0 Å². The first-order chi connectivity index (χ1) is 11.8. The molecule has 1 atom stereocenters. The first kappa shape index (κ1) is 15.9. The van der Waals surface area contributed by atoms with Gasteiger partial charge in [-0.3, -0.25) is 5.41 Å². The van der Waals surface area contributed by atoms with E-state index in [1.54, 1.807) is 11.0 Å². The second-order valence-corrected chi connectivity index (χ2v) is 5.01. The molecule has 0 fully saturated rings. The first-order valence-electron chi connectivity index (χ1n) is 7.66. The second kappa shape index (κ2) is 7.52. The molecule has 2 aromatic carbocycles. The van der Waals surface area contributed by atoms with Crippen molar-refractivity contribution >= 4 is 5.90 Å². The zero-order chi connectivity index (χ0) is 16.8. The summed E-state index contributed by atoms with van der Waals surface area (Å²) in [4.78, 5) is 3.98. The molecule has 0 spiro atoms. The summed E-state index contributed by atoms with van der Waals surface area (Å²) in [6, 6.07) is 16.8. The van der Waals surface area contributed by atoms with E-state index in [-0.39, 0.29) is 5.90 Å². The maximum atomic E-state index is 8.34. The Balaban J connectivity index is 1.93. The van der Waals surface area contributed by atoms with Crippen LogP contribution in [-0.4, -0.2) is 27.3 Å². The molecule has 0 aliphatic rings. The molecule has 6 nitrogen and oxygen atoms in total. The highest BCUT2D eigenvalue weighted by atomic mass is 16.5. The van der Waals surface area contributed by atoms with Gasteiger partial charge in [-0.05, 0) is 25.1 Å². The van der Waals surface area contributed by atoms with Gasteiger partial charge in [0.05, 0.1) is 0 Å². The van der Waals surface area contributed by atoms with Gasteiger partial charge in [0, 0.05) is 17.7 Å². The van der Waals surface area contributed by atoms with Crippen molar-refractivity contribution in [2.24, 2.45) is 0 Å². The average molecular weight is 322 g/mol. The molecule has 0 amide bonds. The lowest BCUT2D eigenvalue weighted by Crippen LogP contribution is -2.20. The number of para-hydroxylation sites is 1. The van der Waals surface area contributed by atoms with E-state index < -0.39 is 6.23 Å². The molecule has 24 heavy (non-hydrogen) atoms. The van der Waals surface area contributed by atoms with Gasteiger partial charge in [0.25, 0.3) is 0 Å². The minimum absolute atomic E-state index is 0.0571. The Morgan fingerprint density at radius 1 is 1.12 bits per heavy atom. The normalized spacial score (nSPS) is 11.9. The van der Waals surface area contributed by atoms with Crippen molar-refractivity contribution in [3.63, 3.8) is 0 Å². The summed E-state index contributed by atoms with van der Waals surface area (Å²) in [5.41, 5.74) is 1.45. The van der Waals surface area contributed by atoms with Crippen molar-refractivity contribution in [1.82, 2.24) is 14.8 Å². The molecular formula is C18H18N4O2. The molecule has 1 unspecified atom stereocenters. The van der Waals surface area contributed by atoms with Crippen LogP contribution in [0.1, 0.15) is 24.3 Å². The van der Waals surface area contributed by atoms with E-state index in [4.69, 9.17) is 14.9 Å². The van der Waals surface area contributed by atoms with Gasteiger partial charge in [-0.25, -0.2) is 9.67 Å². The minimum atomic E-state index is -0.464. The van der Waals surface area contributed by atoms with Crippen molar-refractivity contribution in [3.05, 3.63) is 78.4 Å². The lowest BCUT2D eigenvalue weighted by atomic mass is 10.1. The van der Waals surface area contributed by atoms with Crippen molar-refractivity contribution in [3.8, 4) is 5.75 Å². The largest absolute Gasteiger partial charge is 0.439 e. The van der Waals surface area contributed by atoms with Crippen molar-refractivity contribution < 1.29 is 9.47 Å². The number of rotatable bonds is 6. The zero-order valence-corrected chi connectivity index (χ0v) is 13.3. The Kier molecular flexibility index (Phi) is 4.98. The van der Waals surface area contributed by atoms with Crippen LogP contribution in [0, 0.1) is 5.41 Å². The summed E-state index contributed by atoms with van der Waals surface area (Å²) in [5.74, 6) is 0.674. The lowest BCUT2D eigenvalue weighted by Gasteiger charge is -2.20. The Morgan fingerprint density at radius 3 is 2.58 bits per heavy atom. The fraction of sp³-hybridized carbons (Fsp3) is 0.167. The molecule has 0 bridgehead atoms. The van der Waals surface area contributed by atoms with E-state index in [0.717, 1.165) is 5.56 Å². The zero-order valence-electron chi connectivity index (χ0n) is 13.3. The van der Waals surface area contributed by atoms with E-state index in [9.17, 15) is 0 Å². The van der Waals surface area contributed by atoms with Crippen LogP contribution in [0.3, 0.4) is 0 Å². The third kappa shape index (κ3) is 3.49. The topological polar surface area (TPSA) is 73.0 Å². The molecule has 1 N–H and O–H groups in total. The van der Waals surface area contributed by atoms with E-state index in [1.165, 1.54) is 6.33 Å². The monoisotopic (exact) mass is 322 g/mol. The molecule has 1 heterocycles. The highest BCUT2D eigenvalue weighted by molar-refractivity contribution is 5.94. The first-order valence-corrected chi connectivity index (χ1v) is 7.66. The van der Waals surface area contributed by atoms with Gasteiger partial charge in [0.15, 0.2) is 6.23 Å². The van der Waals surface area contributed by atoms with Crippen molar-refractivity contribution in [1.29, 1.82) is 5.41 Å². The summed E-state index contributed by atoms with van der Waals surface area (Å²) >= 11 is 0. The number of hydrogen-bond donors (Lipinski definition) is 1. The van der Waals surface area contributed by atoms with Gasteiger partial charge >= 0.3 is 0 Å². The van der Waals surface area contributed by atoms with Gasteiger partial charge < -0.3 is 9.47 Å². The molecule has 3 aromatic rings. The van der Waals surface area contributed by atoms with Gasteiger partial charge in [-0.15, -0.1) is 0 Å². The molecule has 0 aliphatic heterocycles. The maximum Gasteiger partial charge on any atom is 0.219 e. The van der Waals surface area contributed by atoms with E-state index in [2.05, 4.69) is 10.1 Å². The lowest BCUT2D eigenvalue weighted by molar-refractivity contribution is 0.0318. The molecule has 0 saturated carbocycles. The fourth-order valence-corrected chi connectivity index (χ4v) is 2.39. The van der Waals surface area contributed by atoms with Gasteiger partial charge in [0.2, 0.25) is 5.90 Å². The van der Waals surface area contributed by atoms with E-state index >= 15 is 0 Å². The Hall–Kier alpha value is -2.99. The summed E-state index contributed by atoms with van der Waals surface area (Å²) in [7, 11) is 0. The highest BCUT2D eigenvalue weighted by Gasteiger charge is 2.21. The molecule has 0 radical (unpaired) electrons. The quantitative estimate of drug-likeness (QED) is 0.558. The van der Waals surface area contributed by atoms with Crippen LogP contribution in [0.5, 0.6) is 5.75 Å². The third-order valence-corrected chi connectivity index (χ3v) is 3.44. The Bertz CT molecular complexity index is 788. The van der Waals surface area contributed by atoms with Crippen LogP contribution >= 0.6 is 0 Å². The van der Waals surface area contributed by atoms with E-state index in [1.807, 2.05) is 61.5 Å². The van der Waals surface area contributed by atoms with Gasteiger partial charge in [0.1, 0.15) is 18.4 Å². The molecule has 122 valence electrons. The number of hydrogen-bond acceptors (Lipinski definition) is 5. The Labute approximate surface area is 140 Å². The molecule has 3 rings (SSSR count). The average Bonchev–Trinajstić information content (AvgIpc) is 3.15. The minimum Gasteiger partial charge on any atom is -0.439 e. The molecule has 1 aromatic heterocycles. The third-order valence-electron chi connectivity index (χ3n) is 3.44. The van der Waals surface area contributed by atoms with Crippen molar-refractivity contribution in [2.75, 3.05) is 6.61 Å². The Morgan fingerprint density at radius 2 is 1.88 bits per heavy atom. The molecular weight excluding hydrogens is 304 g/mol. The molecule has 0 saturated heterocycles. The van der Waals surface area contributed by atoms with Crippen LogP contribution < -0.4 is 4.74 Å². The number of nitrogens with one attached hydrogen (secondary N) is 1. The summed E-state index contributed by atoms with van der Waals surface area (Å²) in [5, 5.41) is 12.5. The predicted octanol–water partition coefficient (Wildman–Crippen LogP) is 3.27. The fourth-order valence-electron chi connectivity index (χ4n) is 2.39. The highest BCUT2D eigenvalue weighted by Crippen LogP contribution is 2.24. The van der Waals surface area contributed by atoms with Crippen molar-refractivity contribution in [2.45, 2.75) is 13.2 Å². The van der Waals surface area contributed by atoms with Crippen LogP contribution in [0.25, 0.3) is 0 Å².